The predicted octanol–water partition coefficient (Wildman–Crippen LogP) is 2.30. The first-order valence-corrected chi connectivity index (χ1v) is 11.0. The van der Waals surface area contributed by atoms with Crippen LogP contribution in [-0.4, -0.2) is 51.5 Å². The number of anilines is 1. The lowest BCUT2D eigenvalue weighted by atomic mass is 9.76. The van der Waals surface area contributed by atoms with E-state index in [0.717, 1.165) is 30.4 Å². The number of carbonyl (C=O) groups is 3. The van der Waals surface area contributed by atoms with E-state index >= 15 is 0 Å². The Morgan fingerprint density at radius 2 is 1.94 bits per heavy atom. The SMILES string of the molecule is Cc1ccccc1[C@H](NC(=O)C(=O)Nc1ncn(CC(=O)N(C)C)n1)[C@@H]1CCC[C@H](C)C1. The van der Waals surface area contributed by atoms with Gasteiger partial charge < -0.3 is 10.2 Å². The molecule has 0 aliphatic heterocycles. The molecule has 1 aromatic carbocycles. The second kappa shape index (κ2) is 10.4. The van der Waals surface area contributed by atoms with Crippen LogP contribution in [0.4, 0.5) is 5.95 Å². The standard InChI is InChI=1S/C23H32N6O3/c1-15-8-7-10-17(12-15)20(18-11-6-5-9-16(18)2)25-21(31)22(32)26-23-24-14-29(27-23)13-19(30)28(3)4/h5-6,9,11,14-15,17,20H,7-8,10,12-13H2,1-4H3,(H,25,31)(H,26,27,32)/t15-,17+,20+/m0/s1. The molecule has 172 valence electrons. The zero-order valence-electron chi connectivity index (χ0n) is 19.2. The van der Waals surface area contributed by atoms with Crippen LogP contribution in [0.2, 0.25) is 0 Å². The van der Waals surface area contributed by atoms with E-state index in [0.29, 0.717) is 5.92 Å². The molecule has 0 bridgehead atoms. The molecule has 0 radical (unpaired) electrons. The maximum atomic E-state index is 12.8. The molecule has 1 aliphatic carbocycles. The van der Waals surface area contributed by atoms with Crippen molar-refractivity contribution in [2.24, 2.45) is 11.8 Å². The molecule has 1 saturated carbocycles. The summed E-state index contributed by atoms with van der Waals surface area (Å²) in [7, 11) is 3.29. The van der Waals surface area contributed by atoms with Gasteiger partial charge in [-0.15, -0.1) is 5.10 Å². The molecule has 1 fully saturated rings. The Balaban J connectivity index is 1.69. The van der Waals surface area contributed by atoms with E-state index < -0.39 is 11.8 Å². The number of nitrogens with zero attached hydrogens (tertiary/aromatic N) is 4. The fourth-order valence-electron chi connectivity index (χ4n) is 4.24. The van der Waals surface area contributed by atoms with E-state index in [9.17, 15) is 14.4 Å². The fourth-order valence-corrected chi connectivity index (χ4v) is 4.24. The van der Waals surface area contributed by atoms with Gasteiger partial charge in [0.2, 0.25) is 11.9 Å². The Hall–Kier alpha value is -3.23. The van der Waals surface area contributed by atoms with Crippen molar-refractivity contribution in [2.75, 3.05) is 19.4 Å². The molecule has 1 aliphatic rings. The number of hydrogen-bond donors (Lipinski definition) is 2. The molecule has 0 spiro atoms. The van der Waals surface area contributed by atoms with E-state index in [4.69, 9.17) is 0 Å². The van der Waals surface area contributed by atoms with E-state index in [-0.39, 0.29) is 30.4 Å². The van der Waals surface area contributed by atoms with Crippen LogP contribution >= 0.6 is 0 Å². The number of aromatic nitrogens is 3. The third-order valence-corrected chi connectivity index (χ3v) is 6.02. The molecule has 2 aromatic rings. The minimum atomic E-state index is -0.830. The molecule has 0 saturated heterocycles. The van der Waals surface area contributed by atoms with Gasteiger partial charge in [0.15, 0.2) is 0 Å². The van der Waals surface area contributed by atoms with Gasteiger partial charge in [-0.3, -0.25) is 19.7 Å². The van der Waals surface area contributed by atoms with Gasteiger partial charge in [-0.2, -0.15) is 0 Å². The summed E-state index contributed by atoms with van der Waals surface area (Å²) in [6, 6.07) is 7.73. The van der Waals surface area contributed by atoms with Crippen molar-refractivity contribution >= 4 is 23.7 Å². The van der Waals surface area contributed by atoms with E-state index in [1.54, 1.807) is 14.1 Å². The third kappa shape index (κ3) is 5.93. The highest BCUT2D eigenvalue weighted by Crippen LogP contribution is 2.38. The first kappa shape index (κ1) is 23.4. The molecule has 1 heterocycles. The van der Waals surface area contributed by atoms with Crippen LogP contribution in [0.1, 0.15) is 49.8 Å². The van der Waals surface area contributed by atoms with Gasteiger partial charge in [-0.05, 0) is 42.7 Å². The molecule has 9 nitrogen and oxygen atoms in total. The number of nitrogens with one attached hydrogen (secondary N) is 2. The van der Waals surface area contributed by atoms with Crippen LogP contribution in [0.25, 0.3) is 0 Å². The number of amides is 3. The van der Waals surface area contributed by atoms with E-state index in [1.165, 1.54) is 22.3 Å². The van der Waals surface area contributed by atoms with Gasteiger partial charge in [-0.25, -0.2) is 9.67 Å². The summed E-state index contributed by atoms with van der Waals surface area (Å²) in [5, 5.41) is 9.45. The first-order valence-electron chi connectivity index (χ1n) is 11.0. The lowest BCUT2D eigenvalue weighted by Crippen LogP contribution is -2.41. The van der Waals surface area contributed by atoms with Gasteiger partial charge >= 0.3 is 11.8 Å². The lowest BCUT2D eigenvalue weighted by Gasteiger charge is -2.34. The highest BCUT2D eigenvalue weighted by molar-refractivity contribution is 6.39. The largest absolute Gasteiger partial charge is 0.347 e. The van der Waals surface area contributed by atoms with Crippen LogP contribution < -0.4 is 10.6 Å². The van der Waals surface area contributed by atoms with Crippen LogP contribution in [0, 0.1) is 18.8 Å². The van der Waals surface area contributed by atoms with Gasteiger partial charge in [0.05, 0.1) is 6.04 Å². The van der Waals surface area contributed by atoms with Gasteiger partial charge in [-0.1, -0.05) is 44.0 Å². The molecule has 2 N–H and O–H groups in total. The Labute approximate surface area is 188 Å². The highest BCUT2D eigenvalue weighted by atomic mass is 16.2. The number of aryl methyl sites for hydroxylation is 1. The van der Waals surface area contributed by atoms with E-state index in [2.05, 4.69) is 27.6 Å². The molecule has 3 amide bonds. The number of rotatable bonds is 6. The Kier molecular flexibility index (Phi) is 7.61. The molecule has 0 unspecified atom stereocenters. The minimum Gasteiger partial charge on any atom is -0.347 e. The van der Waals surface area contributed by atoms with Crippen LogP contribution in [0.5, 0.6) is 0 Å². The first-order chi connectivity index (χ1) is 15.2. The van der Waals surface area contributed by atoms with Crippen molar-refractivity contribution < 1.29 is 14.4 Å². The van der Waals surface area contributed by atoms with Crippen LogP contribution in [0.15, 0.2) is 30.6 Å². The summed E-state index contributed by atoms with van der Waals surface area (Å²) in [5.41, 5.74) is 2.12. The molecular formula is C23H32N6O3. The zero-order valence-corrected chi connectivity index (χ0v) is 19.2. The lowest BCUT2D eigenvalue weighted by molar-refractivity contribution is -0.137. The van der Waals surface area contributed by atoms with Crippen molar-refractivity contribution in [2.45, 2.75) is 52.1 Å². The van der Waals surface area contributed by atoms with E-state index in [1.807, 2.05) is 31.2 Å². The van der Waals surface area contributed by atoms with Crippen molar-refractivity contribution in [1.29, 1.82) is 0 Å². The second-order valence-corrected chi connectivity index (χ2v) is 8.85. The summed E-state index contributed by atoms with van der Waals surface area (Å²) < 4.78 is 1.31. The Morgan fingerprint density at radius 1 is 1.19 bits per heavy atom. The minimum absolute atomic E-state index is 0.00269. The predicted molar refractivity (Wildman–Crippen MR) is 121 cm³/mol. The molecular weight excluding hydrogens is 408 g/mol. The normalized spacial score (nSPS) is 19.1. The summed E-state index contributed by atoms with van der Waals surface area (Å²) in [5.74, 6) is -0.875. The monoisotopic (exact) mass is 440 g/mol. The Bertz CT molecular complexity index is 970. The molecule has 3 rings (SSSR count). The molecule has 1 aromatic heterocycles. The summed E-state index contributed by atoms with van der Waals surface area (Å²) >= 11 is 0. The number of hydrogen-bond acceptors (Lipinski definition) is 5. The van der Waals surface area contributed by atoms with Crippen LogP contribution in [-0.2, 0) is 20.9 Å². The summed E-state index contributed by atoms with van der Waals surface area (Å²) in [4.78, 5) is 42.6. The van der Waals surface area contributed by atoms with Gasteiger partial charge in [0.1, 0.15) is 12.9 Å². The maximum absolute atomic E-state index is 12.8. The Morgan fingerprint density at radius 3 is 2.62 bits per heavy atom. The van der Waals surface area contributed by atoms with Crippen molar-refractivity contribution in [1.82, 2.24) is 25.0 Å². The molecule has 3 atom stereocenters. The smallest absolute Gasteiger partial charge is 0.316 e. The van der Waals surface area contributed by atoms with Crippen molar-refractivity contribution in [3.63, 3.8) is 0 Å². The maximum Gasteiger partial charge on any atom is 0.316 e. The molecule has 32 heavy (non-hydrogen) atoms. The number of carbonyl (C=O) groups excluding carboxylic acids is 3. The highest BCUT2D eigenvalue weighted by Gasteiger charge is 2.31. The second-order valence-electron chi connectivity index (χ2n) is 8.85. The van der Waals surface area contributed by atoms with Crippen molar-refractivity contribution in [3.05, 3.63) is 41.7 Å². The third-order valence-electron chi connectivity index (χ3n) is 6.02. The fraction of sp³-hybridized carbons (Fsp3) is 0.522. The molecule has 9 heteroatoms. The van der Waals surface area contributed by atoms with Gasteiger partial charge in [0.25, 0.3) is 0 Å². The number of benzene rings is 1. The topological polar surface area (TPSA) is 109 Å². The summed E-state index contributed by atoms with van der Waals surface area (Å²) in [6.45, 7) is 4.25. The van der Waals surface area contributed by atoms with Crippen molar-refractivity contribution in [3.8, 4) is 0 Å². The van der Waals surface area contributed by atoms with Crippen LogP contribution in [0.3, 0.4) is 0 Å². The number of likely N-dealkylation sites (N-methyl/N-ethyl adjacent to an activating group) is 1. The average Bonchev–Trinajstić information content (AvgIpc) is 3.19. The average molecular weight is 441 g/mol. The summed E-state index contributed by atoms with van der Waals surface area (Å²) in [6.07, 6.45) is 5.66. The quantitative estimate of drug-likeness (QED) is 0.670. The van der Waals surface area contributed by atoms with Gasteiger partial charge in [0, 0.05) is 14.1 Å². The zero-order chi connectivity index (χ0) is 23.3.